The van der Waals surface area contributed by atoms with E-state index in [0.717, 1.165) is 24.7 Å². The van der Waals surface area contributed by atoms with Gasteiger partial charge in [-0.3, -0.25) is 14.5 Å². The molecule has 2 aromatic rings. The summed E-state index contributed by atoms with van der Waals surface area (Å²) in [6.07, 6.45) is 3.73. The van der Waals surface area contributed by atoms with Gasteiger partial charge >= 0.3 is 0 Å². The number of carbonyl (C=O) groups excluding carboxylic acids is 1. The van der Waals surface area contributed by atoms with E-state index in [9.17, 15) is 4.79 Å². The van der Waals surface area contributed by atoms with Crippen molar-refractivity contribution in [1.82, 2.24) is 35.3 Å². The van der Waals surface area contributed by atoms with Crippen LogP contribution in [0.2, 0.25) is 0 Å². The van der Waals surface area contributed by atoms with Gasteiger partial charge in [-0.2, -0.15) is 5.10 Å². The van der Waals surface area contributed by atoms with Crippen molar-refractivity contribution in [2.75, 3.05) is 44.7 Å². The Morgan fingerprint density at radius 1 is 1.18 bits per heavy atom. The number of aliphatic imine (C=N–C) groups is 1. The molecule has 3 rings (SSSR count). The van der Waals surface area contributed by atoms with Gasteiger partial charge in [0.1, 0.15) is 18.0 Å². The molecule has 150 valence electrons. The average Bonchev–Trinajstić information content (AvgIpc) is 3.16. The van der Waals surface area contributed by atoms with Crippen LogP contribution in [0.5, 0.6) is 0 Å². The van der Waals surface area contributed by atoms with Crippen LogP contribution in [-0.2, 0) is 18.4 Å². The van der Waals surface area contributed by atoms with E-state index in [1.807, 2.05) is 30.1 Å². The van der Waals surface area contributed by atoms with Crippen LogP contribution in [0, 0.1) is 0 Å². The summed E-state index contributed by atoms with van der Waals surface area (Å²) in [5.74, 6) is 2.56. The van der Waals surface area contributed by atoms with Gasteiger partial charge in [0, 0.05) is 59.4 Å². The van der Waals surface area contributed by atoms with Crippen molar-refractivity contribution in [3.8, 4) is 0 Å². The molecular formula is C18H27N9O. The molecule has 1 aliphatic rings. The summed E-state index contributed by atoms with van der Waals surface area (Å²) in [6, 6.07) is 5.89. The molecule has 0 atom stereocenters. The van der Waals surface area contributed by atoms with E-state index in [4.69, 9.17) is 0 Å². The van der Waals surface area contributed by atoms with Gasteiger partial charge in [-0.05, 0) is 12.1 Å². The largest absolute Gasteiger partial charge is 0.356 e. The number of pyridine rings is 1. The van der Waals surface area contributed by atoms with Gasteiger partial charge in [-0.25, -0.2) is 9.97 Å². The third-order valence-corrected chi connectivity index (χ3v) is 4.68. The number of hydrogen-bond donors (Lipinski definition) is 2. The number of aryl methyl sites for hydroxylation is 1. The lowest BCUT2D eigenvalue weighted by atomic mass is 10.2. The maximum Gasteiger partial charge on any atom is 0.224 e. The average molecular weight is 385 g/mol. The predicted octanol–water partition coefficient (Wildman–Crippen LogP) is -0.386. The Bertz CT molecular complexity index is 781. The highest BCUT2D eigenvalue weighted by molar-refractivity contribution is 5.81. The molecule has 0 radical (unpaired) electrons. The molecule has 1 amide bonds. The number of carbonyl (C=O) groups is 1. The molecule has 0 aromatic carbocycles. The van der Waals surface area contributed by atoms with E-state index >= 15 is 0 Å². The van der Waals surface area contributed by atoms with Crippen LogP contribution in [0.1, 0.15) is 12.2 Å². The van der Waals surface area contributed by atoms with Gasteiger partial charge < -0.3 is 20.4 Å². The minimum atomic E-state index is 0.150. The summed E-state index contributed by atoms with van der Waals surface area (Å²) in [5, 5.41) is 10.4. The maximum absolute atomic E-state index is 12.5. The number of nitrogens with zero attached hydrogens (tertiary/aromatic N) is 7. The quantitative estimate of drug-likeness (QED) is 0.516. The number of rotatable bonds is 6. The van der Waals surface area contributed by atoms with Crippen molar-refractivity contribution in [2.45, 2.75) is 13.0 Å². The number of anilines is 1. The van der Waals surface area contributed by atoms with E-state index in [-0.39, 0.29) is 5.91 Å². The number of piperazine rings is 1. The Kier molecular flexibility index (Phi) is 6.77. The molecule has 10 heteroatoms. The fraction of sp³-hybridized carbons (Fsp3) is 0.500. The van der Waals surface area contributed by atoms with Crippen LogP contribution in [0.4, 0.5) is 5.82 Å². The molecule has 0 bridgehead atoms. The van der Waals surface area contributed by atoms with E-state index in [1.165, 1.54) is 6.33 Å². The summed E-state index contributed by atoms with van der Waals surface area (Å²) in [7, 11) is 3.54. The normalized spacial score (nSPS) is 14.9. The zero-order valence-electron chi connectivity index (χ0n) is 16.4. The Morgan fingerprint density at radius 2 is 2.00 bits per heavy atom. The van der Waals surface area contributed by atoms with E-state index in [0.29, 0.717) is 38.6 Å². The highest BCUT2D eigenvalue weighted by Gasteiger charge is 2.21. The minimum Gasteiger partial charge on any atom is -0.356 e. The highest BCUT2D eigenvalue weighted by Crippen LogP contribution is 2.12. The predicted molar refractivity (Wildman–Crippen MR) is 107 cm³/mol. The molecule has 1 saturated heterocycles. The summed E-state index contributed by atoms with van der Waals surface area (Å²) >= 11 is 0. The zero-order chi connectivity index (χ0) is 19.8. The summed E-state index contributed by atoms with van der Waals surface area (Å²) in [5.41, 5.74) is 0. The zero-order valence-corrected chi connectivity index (χ0v) is 16.4. The van der Waals surface area contributed by atoms with Crippen molar-refractivity contribution in [2.24, 2.45) is 12.0 Å². The number of guanidine groups is 1. The highest BCUT2D eigenvalue weighted by atomic mass is 16.2. The fourth-order valence-electron chi connectivity index (χ4n) is 3.04. The third kappa shape index (κ3) is 5.18. The Balaban J connectivity index is 1.36. The standard InChI is InChI=1S/C18H27N9O/c1-19-18(22-13-16-23-14-24-25(16)2)21-8-6-17(28)27-11-9-26(10-12-27)15-5-3-4-7-20-15/h3-5,7,14H,6,8-13H2,1-2H3,(H2,19,21,22). The van der Waals surface area contributed by atoms with Gasteiger partial charge in [0.25, 0.3) is 0 Å². The molecule has 0 saturated carbocycles. The lowest BCUT2D eigenvalue weighted by Crippen LogP contribution is -2.49. The number of aromatic nitrogens is 4. The number of amides is 1. The van der Waals surface area contributed by atoms with Crippen molar-refractivity contribution in [3.05, 3.63) is 36.5 Å². The van der Waals surface area contributed by atoms with Gasteiger partial charge in [0.05, 0.1) is 6.54 Å². The monoisotopic (exact) mass is 385 g/mol. The molecule has 0 unspecified atom stereocenters. The van der Waals surface area contributed by atoms with Crippen molar-refractivity contribution >= 4 is 17.7 Å². The van der Waals surface area contributed by atoms with Crippen molar-refractivity contribution < 1.29 is 4.79 Å². The van der Waals surface area contributed by atoms with Crippen LogP contribution < -0.4 is 15.5 Å². The SMILES string of the molecule is CN=C(NCCC(=O)N1CCN(c2ccccn2)CC1)NCc1ncnn1C. The van der Waals surface area contributed by atoms with Crippen LogP contribution >= 0.6 is 0 Å². The molecule has 1 fully saturated rings. The molecule has 3 heterocycles. The van der Waals surface area contributed by atoms with Crippen LogP contribution in [-0.4, -0.2) is 76.3 Å². The van der Waals surface area contributed by atoms with E-state index < -0.39 is 0 Å². The Labute approximate surface area is 164 Å². The van der Waals surface area contributed by atoms with Crippen molar-refractivity contribution in [3.63, 3.8) is 0 Å². The van der Waals surface area contributed by atoms with Gasteiger partial charge in [-0.1, -0.05) is 6.07 Å². The first kappa shape index (κ1) is 19.6. The lowest BCUT2D eigenvalue weighted by Gasteiger charge is -2.35. The topological polar surface area (TPSA) is 104 Å². The molecule has 2 N–H and O–H groups in total. The van der Waals surface area contributed by atoms with E-state index in [1.54, 1.807) is 17.9 Å². The van der Waals surface area contributed by atoms with Gasteiger partial charge in [0.2, 0.25) is 5.91 Å². The minimum absolute atomic E-state index is 0.150. The summed E-state index contributed by atoms with van der Waals surface area (Å²) < 4.78 is 1.70. The molecule has 0 aliphatic carbocycles. The molecule has 10 nitrogen and oxygen atoms in total. The number of hydrogen-bond acceptors (Lipinski definition) is 6. The van der Waals surface area contributed by atoms with E-state index in [2.05, 4.69) is 35.6 Å². The smallest absolute Gasteiger partial charge is 0.224 e. The van der Waals surface area contributed by atoms with Crippen LogP contribution in [0.15, 0.2) is 35.7 Å². The first-order chi connectivity index (χ1) is 13.7. The fourth-order valence-corrected chi connectivity index (χ4v) is 3.04. The second-order valence-corrected chi connectivity index (χ2v) is 6.46. The van der Waals surface area contributed by atoms with Gasteiger partial charge in [0.15, 0.2) is 5.96 Å². The summed E-state index contributed by atoms with van der Waals surface area (Å²) in [4.78, 5) is 29.3. The molecular weight excluding hydrogens is 358 g/mol. The second-order valence-electron chi connectivity index (χ2n) is 6.46. The molecule has 2 aromatic heterocycles. The maximum atomic E-state index is 12.5. The second kappa shape index (κ2) is 9.67. The first-order valence-electron chi connectivity index (χ1n) is 9.38. The van der Waals surface area contributed by atoms with Crippen LogP contribution in [0.3, 0.4) is 0 Å². The van der Waals surface area contributed by atoms with Gasteiger partial charge in [-0.15, -0.1) is 0 Å². The first-order valence-corrected chi connectivity index (χ1v) is 9.38. The molecule has 1 aliphatic heterocycles. The lowest BCUT2D eigenvalue weighted by molar-refractivity contribution is -0.131. The van der Waals surface area contributed by atoms with Crippen LogP contribution in [0.25, 0.3) is 0 Å². The molecule has 0 spiro atoms. The Morgan fingerprint density at radius 3 is 2.64 bits per heavy atom. The summed E-state index contributed by atoms with van der Waals surface area (Å²) in [6.45, 7) is 4.08. The third-order valence-electron chi connectivity index (χ3n) is 4.68. The van der Waals surface area contributed by atoms with Crippen molar-refractivity contribution in [1.29, 1.82) is 0 Å². The molecule has 28 heavy (non-hydrogen) atoms. The Hall–Kier alpha value is -3.17. The number of nitrogens with one attached hydrogen (secondary N) is 2.